The van der Waals surface area contributed by atoms with E-state index in [2.05, 4.69) is 6.92 Å². The molecule has 0 aromatic carbocycles. The Morgan fingerprint density at radius 2 is 2.19 bits per heavy atom. The van der Waals surface area contributed by atoms with Gasteiger partial charge in [0.2, 0.25) is 5.88 Å². The molecule has 0 aliphatic carbocycles. The molecule has 21 heavy (non-hydrogen) atoms. The van der Waals surface area contributed by atoms with E-state index in [1.165, 1.54) is 10.6 Å². The van der Waals surface area contributed by atoms with E-state index >= 15 is 0 Å². The van der Waals surface area contributed by atoms with Crippen LogP contribution >= 0.6 is 0 Å². The minimum atomic E-state index is -0.285. The molecule has 0 aliphatic rings. The summed E-state index contributed by atoms with van der Waals surface area (Å²) in [6, 6.07) is 3.32. The molecule has 1 aromatic rings. The molecular weight excluding hydrogens is 268 g/mol. The molecule has 1 unspecified atom stereocenters. The van der Waals surface area contributed by atoms with Crippen molar-refractivity contribution in [2.75, 3.05) is 6.61 Å². The molecule has 0 amide bonds. The first kappa shape index (κ1) is 17.3. The lowest BCUT2D eigenvalue weighted by molar-refractivity contribution is 0.0398. The summed E-state index contributed by atoms with van der Waals surface area (Å²) in [5.41, 5.74) is 0.379. The first-order chi connectivity index (χ1) is 10.0. The van der Waals surface area contributed by atoms with Gasteiger partial charge in [-0.25, -0.2) is 0 Å². The molecule has 1 heterocycles. The quantitative estimate of drug-likeness (QED) is 0.747. The third-order valence-electron chi connectivity index (χ3n) is 3.57. The van der Waals surface area contributed by atoms with E-state index < -0.39 is 0 Å². The van der Waals surface area contributed by atoms with Gasteiger partial charge < -0.3 is 9.84 Å². The fraction of sp³-hybridized carbons (Fsp3) is 0.625. The highest BCUT2D eigenvalue weighted by molar-refractivity contribution is 5.43. The summed E-state index contributed by atoms with van der Waals surface area (Å²) in [6.07, 6.45) is 3.66. The summed E-state index contributed by atoms with van der Waals surface area (Å²) in [6.45, 7) is 6.86. The van der Waals surface area contributed by atoms with Gasteiger partial charge in [0.1, 0.15) is 11.6 Å². The highest BCUT2D eigenvalue weighted by Gasteiger charge is 2.14. The Kier molecular flexibility index (Phi) is 6.97. The van der Waals surface area contributed by atoms with Gasteiger partial charge in [0.25, 0.3) is 5.56 Å². The van der Waals surface area contributed by atoms with Crippen LogP contribution in [0.25, 0.3) is 0 Å². The lowest BCUT2D eigenvalue weighted by Crippen LogP contribution is -2.24. The molecule has 0 radical (unpaired) electrons. The van der Waals surface area contributed by atoms with Gasteiger partial charge in [0.05, 0.1) is 6.10 Å². The van der Waals surface area contributed by atoms with Crippen molar-refractivity contribution in [1.82, 2.24) is 4.57 Å². The number of pyridine rings is 1. The standard InChI is InChI=1S/C16H24N2O3/c1-4-6-9-21-13(5-2)7-8-18-15(19)10-12(3)14(11-17)16(18)20/h10,13,20H,4-9H2,1-3H3. The Morgan fingerprint density at radius 1 is 1.48 bits per heavy atom. The maximum absolute atomic E-state index is 11.9. The highest BCUT2D eigenvalue weighted by atomic mass is 16.5. The van der Waals surface area contributed by atoms with E-state index in [9.17, 15) is 9.90 Å². The van der Waals surface area contributed by atoms with Crippen LogP contribution in [0.1, 0.15) is 50.7 Å². The first-order valence-corrected chi connectivity index (χ1v) is 7.50. The van der Waals surface area contributed by atoms with Crippen molar-refractivity contribution >= 4 is 0 Å². The topological polar surface area (TPSA) is 75.2 Å². The Balaban J connectivity index is 2.79. The van der Waals surface area contributed by atoms with Crippen molar-refractivity contribution in [2.45, 2.75) is 59.1 Å². The van der Waals surface area contributed by atoms with Crippen LogP contribution in [0.2, 0.25) is 0 Å². The zero-order valence-electron chi connectivity index (χ0n) is 13.1. The zero-order valence-corrected chi connectivity index (χ0v) is 13.1. The number of rotatable bonds is 8. The lowest BCUT2D eigenvalue weighted by Gasteiger charge is -2.17. The number of nitrogens with zero attached hydrogens (tertiary/aromatic N) is 2. The highest BCUT2D eigenvalue weighted by Crippen LogP contribution is 2.18. The fourth-order valence-electron chi connectivity index (χ4n) is 2.18. The summed E-state index contributed by atoms with van der Waals surface area (Å²) in [7, 11) is 0. The average Bonchev–Trinajstić information content (AvgIpc) is 2.45. The van der Waals surface area contributed by atoms with Crippen molar-refractivity contribution in [3.05, 3.63) is 27.5 Å². The summed E-state index contributed by atoms with van der Waals surface area (Å²) in [5.74, 6) is -0.245. The first-order valence-electron chi connectivity index (χ1n) is 7.50. The lowest BCUT2D eigenvalue weighted by atomic mass is 10.1. The number of aromatic hydroxyl groups is 1. The molecule has 1 N–H and O–H groups in total. The molecule has 0 fully saturated rings. The van der Waals surface area contributed by atoms with Gasteiger partial charge in [-0.3, -0.25) is 9.36 Å². The van der Waals surface area contributed by atoms with Gasteiger partial charge in [-0.15, -0.1) is 0 Å². The summed E-state index contributed by atoms with van der Waals surface area (Å²) < 4.78 is 7.00. The van der Waals surface area contributed by atoms with Crippen molar-refractivity contribution < 1.29 is 9.84 Å². The van der Waals surface area contributed by atoms with Crippen LogP contribution in [0.15, 0.2) is 10.9 Å². The molecule has 5 heteroatoms. The van der Waals surface area contributed by atoms with Gasteiger partial charge in [0, 0.05) is 19.2 Å². The number of nitriles is 1. The largest absolute Gasteiger partial charge is 0.493 e. The monoisotopic (exact) mass is 292 g/mol. The average molecular weight is 292 g/mol. The van der Waals surface area contributed by atoms with E-state index in [-0.39, 0.29) is 23.1 Å². The zero-order chi connectivity index (χ0) is 15.8. The van der Waals surface area contributed by atoms with E-state index in [0.29, 0.717) is 25.1 Å². The van der Waals surface area contributed by atoms with Gasteiger partial charge in [0.15, 0.2) is 0 Å². The molecule has 0 saturated carbocycles. The number of ether oxygens (including phenoxy) is 1. The van der Waals surface area contributed by atoms with Gasteiger partial charge in [-0.1, -0.05) is 20.3 Å². The van der Waals surface area contributed by atoms with Crippen LogP contribution in [0.3, 0.4) is 0 Å². The van der Waals surface area contributed by atoms with E-state index in [4.69, 9.17) is 10.00 Å². The Labute approximate surface area is 125 Å². The smallest absolute Gasteiger partial charge is 0.253 e. The third-order valence-corrected chi connectivity index (χ3v) is 3.57. The second-order valence-electron chi connectivity index (χ2n) is 5.17. The maximum Gasteiger partial charge on any atom is 0.253 e. The Bertz CT molecular complexity index is 558. The third kappa shape index (κ3) is 4.61. The van der Waals surface area contributed by atoms with Crippen molar-refractivity contribution in [2.24, 2.45) is 0 Å². The summed E-state index contributed by atoms with van der Waals surface area (Å²) in [5, 5.41) is 19.1. The molecule has 1 rings (SSSR count). The fourth-order valence-corrected chi connectivity index (χ4v) is 2.18. The molecule has 5 nitrogen and oxygen atoms in total. The van der Waals surface area contributed by atoms with Crippen LogP contribution in [-0.4, -0.2) is 22.4 Å². The van der Waals surface area contributed by atoms with Crippen molar-refractivity contribution in [1.29, 1.82) is 5.26 Å². The number of hydrogen-bond donors (Lipinski definition) is 1. The van der Waals surface area contributed by atoms with Crippen LogP contribution in [0.5, 0.6) is 5.88 Å². The van der Waals surface area contributed by atoms with Gasteiger partial charge in [-0.2, -0.15) is 5.26 Å². The number of hydrogen-bond acceptors (Lipinski definition) is 4. The molecule has 116 valence electrons. The van der Waals surface area contributed by atoms with E-state index in [0.717, 1.165) is 19.3 Å². The Hall–Kier alpha value is -1.80. The minimum Gasteiger partial charge on any atom is -0.493 e. The summed E-state index contributed by atoms with van der Waals surface area (Å²) >= 11 is 0. The molecule has 1 aromatic heterocycles. The van der Waals surface area contributed by atoms with Crippen molar-refractivity contribution in [3.63, 3.8) is 0 Å². The normalized spacial score (nSPS) is 12.1. The van der Waals surface area contributed by atoms with Gasteiger partial charge >= 0.3 is 0 Å². The van der Waals surface area contributed by atoms with Crippen LogP contribution in [0.4, 0.5) is 0 Å². The second-order valence-corrected chi connectivity index (χ2v) is 5.17. The number of aryl methyl sites for hydroxylation is 1. The number of aromatic nitrogens is 1. The second kappa shape index (κ2) is 8.48. The van der Waals surface area contributed by atoms with Crippen molar-refractivity contribution in [3.8, 4) is 11.9 Å². The van der Waals surface area contributed by atoms with E-state index in [1.807, 2.05) is 13.0 Å². The molecular formula is C16H24N2O3. The van der Waals surface area contributed by atoms with Crippen LogP contribution in [-0.2, 0) is 11.3 Å². The molecule has 0 bridgehead atoms. The van der Waals surface area contributed by atoms with E-state index in [1.54, 1.807) is 6.92 Å². The van der Waals surface area contributed by atoms with Crippen LogP contribution < -0.4 is 5.56 Å². The Morgan fingerprint density at radius 3 is 2.76 bits per heavy atom. The SMILES string of the molecule is CCCCOC(CC)CCn1c(O)c(C#N)c(C)cc1=O. The van der Waals surface area contributed by atoms with Crippen LogP contribution in [0, 0.1) is 18.3 Å². The predicted molar refractivity (Wildman–Crippen MR) is 81.4 cm³/mol. The van der Waals surface area contributed by atoms with Gasteiger partial charge in [-0.05, 0) is 31.7 Å². The molecule has 0 aliphatic heterocycles. The molecule has 0 saturated heterocycles. The minimum absolute atomic E-state index is 0.0645. The molecule has 1 atom stereocenters. The predicted octanol–water partition coefficient (Wildman–Crippen LogP) is 2.72. The molecule has 0 spiro atoms. The maximum atomic E-state index is 11.9. The summed E-state index contributed by atoms with van der Waals surface area (Å²) in [4.78, 5) is 11.9. The number of unbranched alkanes of at least 4 members (excludes halogenated alkanes) is 1.